The summed E-state index contributed by atoms with van der Waals surface area (Å²) in [5.74, 6) is 0.0657. The molecule has 0 atom stereocenters. The van der Waals surface area contributed by atoms with Gasteiger partial charge in [0.2, 0.25) is 5.91 Å². The number of benzene rings is 3. The van der Waals surface area contributed by atoms with Crippen LogP contribution in [0.5, 0.6) is 11.5 Å². The number of methoxy groups -OCH3 is 2. The monoisotopic (exact) mass is 568 g/mol. The zero-order valence-corrected chi connectivity index (χ0v) is 23.2. The number of hydrogen-bond acceptors (Lipinski definition) is 7. The first-order valence-electron chi connectivity index (χ1n) is 12.5. The molecule has 4 aromatic rings. The van der Waals surface area contributed by atoms with Gasteiger partial charge >= 0.3 is 0 Å². The number of hydrogen-bond donors (Lipinski definition) is 3. The summed E-state index contributed by atoms with van der Waals surface area (Å²) in [5.41, 5.74) is 2.22. The molecular weight excluding hydrogens is 540 g/mol. The molecule has 10 heteroatoms. The lowest BCUT2D eigenvalue weighted by Crippen LogP contribution is -2.30. The highest BCUT2D eigenvalue weighted by atomic mass is 32.2. The van der Waals surface area contributed by atoms with Crippen LogP contribution in [0.15, 0.2) is 108 Å². The van der Waals surface area contributed by atoms with Crippen molar-refractivity contribution in [3.8, 4) is 11.5 Å². The van der Waals surface area contributed by atoms with Crippen molar-refractivity contribution in [2.24, 2.45) is 0 Å². The van der Waals surface area contributed by atoms with Crippen LogP contribution in [0.25, 0.3) is 6.08 Å². The van der Waals surface area contributed by atoms with Gasteiger partial charge in [-0.15, -0.1) is 11.8 Å². The fraction of sp³-hybridized carbons (Fsp3) is 0.0968. The maximum Gasteiger partial charge on any atom is 0.272 e. The van der Waals surface area contributed by atoms with Crippen LogP contribution in [0.4, 0.5) is 11.4 Å². The summed E-state index contributed by atoms with van der Waals surface area (Å²) < 4.78 is 10.7. The Morgan fingerprint density at radius 2 is 1.56 bits per heavy atom. The molecule has 1 aromatic heterocycles. The minimum atomic E-state index is -0.526. The van der Waals surface area contributed by atoms with Crippen LogP contribution in [0.2, 0.25) is 0 Å². The van der Waals surface area contributed by atoms with Gasteiger partial charge in [-0.1, -0.05) is 30.3 Å². The van der Waals surface area contributed by atoms with Crippen LogP contribution < -0.4 is 25.4 Å². The number of nitrogens with one attached hydrogen (secondary N) is 3. The average molecular weight is 569 g/mol. The second-order valence-electron chi connectivity index (χ2n) is 8.55. The van der Waals surface area contributed by atoms with E-state index in [1.807, 2.05) is 6.07 Å². The third kappa shape index (κ3) is 8.45. The molecule has 0 saturated carbocycles. The molecule has 0 saturated heterocycles. The van der Waals surface area contributed by atoms with Crippen LogP contribution in [0.3, 0.4) is 0 Å². The largest absolute Gasteiger partial charge is 0.493 e. The number of rotatable bonds is 11. The first-order valence-corrected chi connectivity index (χ1v) is 13.5. The van der Waals surface area contributed by atoms with Crippen LogP contribution in [-0.2, 0) is 9.59 Å². The molecular formula is C31H28N4O5S. The average Bonchev–Trinajstić information content (AvgIpc) is 3.00. The van der Waals surface area contributed by atoms with Crippen LogP contribution >= 0.6 is 11.8 Å². The van der Waals surface area contributed by atoms with Crippen molar-refractivity contribution in [2.45, 2.75) is 4.90 Å². The van der Waals surface area contributed by atoms with Crippen LogP contribution in [0.1, 0.15) is 15.9 Å². The molecule has 9 nitrogen and oxygen atoms in total. The van der Waals surface area contributed by atoms with Gasteiger partial charge in [0.15, 0.2) is 11.5 Å². The van der Waals surface area contributed by atoms with E-state index in [0.717, 1.165) is 4.90 Å². The van der Waals surface area contributed by atoms with Crippen LogP contribution in [0, 0.1) is 0 Å². The number of nitrogens with zero attached hydrogens (tertiary/aromatic N) is 1. The lowest BCUT2D eigenvalue weighted by atomic mass is 10.1. The summed E-state index contributed by atoms with van der Waals surface area (Å²) >= 11 is 1.33. The van der Waals surface area contributed by atoms with Crippen molar-refractivity contribution < 1.29 is 23.9 Å². The Morgan fingerprint density at radius 1 is 0.805 bits per heavy atom. The minimum absolute atomic E-state index is 0.0286. The summed E-state index contributed by atoms with van der Waals surface area (Å²) in [6.07, 6.45) is 4.76. The Balaban J connectivity index is 1.50. The molecule has 208 valence electrons. The lowest BCUT2D eigenvalue weighted by molar-refractivity contribution is -0.114. The van der Waals surface area contributed by atoms with E-state index in [4.69, 9.17) is 9.47 Å². The topological polar surface area (TPSA) is 119 Å². The zero-order chi connectivity index (χ0) is 29.0. The normalized spacial score (nSPS) is 10.8. The van der Waals surface area contributed by atoms with Crippen molar-refractivity contribution in [1.29, 1.82) is 0 Å². The summed E-state index contributed by atoms with van der Waals surface area (Å²) in [6.45, 7) is 0. The predicted octanol–water partition coefficient (Wildman–Crippen LogP) is 5.24. The molecule has 0 aliphatic rings. The third-order valence-corrected chi connectivity index (χ3v) is 6.67. The Labute approximate surface area is 242 Å². The van der Waals surface area contributed by atoms with Gasteiger partial charge in [-0.05, 0) is 66.2 Å². The number of amides is 3. The Hall–Kier alpha value is -5.09. The summed E-state index contributed by atoms with van der Waals surface area (Å²) in [4.78, 5) is 43.4. The third-order valence-electron chi connectivity index (χ3n) is 5.67. The van der Waals surface area contributed by atoms with Gasteiger partial charge < -0.3 is 25.4 Å². The number of ether oxygens (including phenoxy) is 2. The molecule has 0 aliphatic heterocycles. The van der Waals surface area contributed by atoms with Crippen molar-refractivity contribution in [1.82, 2.24) is 10.3 Å². The second-order valence-corrected chi connectivity index (χ2v) is 9.60. The highest BCUT2D eigenvalue weighted by Gasteiger charge is 2.16. The predicted molar refractivity (Wildman–Crippen MR) is 160 cm³/mol. The maximum atomic E-state index is 13.4. The number of aromatic nitrogens is 1. The van der Waals surface area contributed by atoms with E-state index < -0.39 is 11.8 Å². The van der Waals surface area contributed by atoms with E-state index in [9.17, 15) is 14.4 Å². The molecule has 0 spiro atoms. The molecule has 3 aromatic carbocycles. The molecule has 3 amide bonds. The van der Waals surface area contributed by atoms with E-state index in [1.54, 1.807) is 97.3 Å². The molecule has 4 rings (SSSR count). The number of anilines is 2. The second kappa shape index (κ2) is 14.3. The summed E-state index contributed by atoms with van der Waals surface area (Å²) in [7, 11) is 3.05. The van der Waals surface area contributed by atoms with Gasteiger partial charge in [0.25, 0.3) is 11.8 Å². The molecule has 0 bridgehead atoms. The molecule has 0 fully saturated rings. The zero-order valence-electron chi connectivity index (χ0n) is 22.4. The van der Waals surface area contributed by atoms with E-state index >= 15 is 0 Å². The number of thioether (sulfide) groups is 1. The van der Waals surface area contributed by atoms with E-state index in [2.05, 4.69) is 20.9 Å². The fourth-order valence-electron chi connectivity index (χ4n) is 3.69. The quantitative estimate of drug-likeness (QED) is 0.167. The first kappa shape index (κ1) is 28.9. The van der Waals surface area contributed by atoms with E-state index in [0.29, 0.717) is 34.0 Å². The standard InChI is InChI=1S/C31H28N4O5S/c1-39-27-12-11-21(18-28(27)40-2)17-26(35-30(37)22-7-4-3-5-8-22)31(38)34-24-9-6-10-25(19-24)41-20-29(36)33-23-13-15-32-16-14-23/h3-19H,20H2,1-2H3,(H,34,38)(H,35,37)(H,32,33,36)/b26-17+. The smallest absolute Gasteiger partial charge is 0.272 e. The van der Waals surface area contributed by atoms with E-state index in [-0.39, 0.29) is 17.4 Å². The lowest BCUT2D eigenvalue weighted by Gasteiger charge is -2.13. The fourth-order valence-corrected chi connectivity index (χ4v) is 4.45. The molecule has 41 heavy (non-hydrogen) atoms. The molecule has 0 aliphatic carbocycles. The molecule has 1 heterocycles. The van der Waals surface area contributed by atoms with Crippen molar-refractivity contribution in [3.05, 3.63) is 114 Å². The summed E-state index contributed by atoms with van der Waals surface area (Å²) in [5, 5.41) is 8.37. The van der Waals surface area contributed by atoms with Crippen molar-refractivity contribution in [3.63, 3.8) is 0 Å². The van der Waals surface area contributed by atoms with Gasteiger partial charge in [-0.3, -0.25) is 19.4 Å². The van der Waals surface area contributed by atoms with Gasteiger partial charge in [0.05, 0.1) is 20.0 Å². The molecule has 0 radical (unpaired) electrons. The number of carbonyl (C=O) groups is 3. The van der Waals surface area contributed by atoms with Gasteiger partial charge in [-0.2, -0.15) is 0 Å². The maximum absolute atomic E-state index is 13.4. The number of carbonyl (C=O) groups excluding carboxylic acids is 3. The van der Waals surface area contributed by atoms with Crippen LogP contribution in [-0.4, -0.2) is 42.7 Å². The highest BCUT2D eigenvalue weighted by Crippen LogP contribution is 2.28. The Kier molecular flexibility index (Phi) is 10.1. The molecule has 0 unspecified atom stereocenters. The SMILES string of the molecule is COc1ccc(/C=C(/NC(=O)c2ccccc2)C(=O)Nc2cccc(SCC(=O)Nc3ccncc3)c2)cc1OC. The van der Waals surface area contributed by atoms with E-state index in [1.165, 1.54) is 26.0 Å². The Morgan fingerprint density at radius 3 is 2.29 bits per heavy atom. The molecule has 3 N–H and O–H groups in total. The van der Waals surface area contributed by atoms with Gasteiger partial charge in [0, 0.05) is 34.2 Å². The van der Waals surface area contributed by atoms with Gasteiger partial charge in [-0.25, -0.2) is 0 Å². The van der Waals surface area contributed by atoms with Gasteiger partial charge in [0.1, 0.15) is 5.70 Å². The summed E-state index contributed by atoms with van der Waals surface area (Å²) in [6, 6.07) is 24.3. The number of pyridine rings is 1. The van der Waals surface area contributed by atoms with Crippen molar-refractivity contribution >= 4 is 46.9 Å². The Bertz CT molecular complexity index is 1540. The minimum Gasteiger partial charge on any atom is -0.493 e. The first-order chi connectivity index (χ1) is 19.9. The highest BCUT2D eigenvalue weighted by molar-refractivity contribution is 8.00. The van der Waals surface area contributed by atoms with Crippen molar-refractivity contribution in [2.75, 3.05) is 30.6 Å².